The van der Waals surface area contributed by atoms with E-state index in [4.69, 9.17) is 0 Å². The van der Waals surface area contributed by atoms with Gasteiger partial charge in [0.1, 0.15) is 0 Å². The third-order valence-electron chi connectivity index (χ3n) is 4.35. The Hall–Kier alpha value is -0.670. The van der Waals surface area contributed by atoms with Crippen molar-refractivity contribution in [3.8, 4) is 0 Å². The van der Waals surface area contributed by atoms with E-state index in [1.807, 2.05) is 0 Å². The van der Waals surface area contributed by atoms with E-state index >= 15 is 0 Å². The van der Waals surface area contributed by atoms with Crippen LogP contribution in [-0.2, 0) is 6.54 Å². The van der Waals surface area contributed by atoms with E-state index in [9.17, 15) is 0 Å². The van der Waals surface area contributed by atoms with Crippen LogP contribution >= 0.6 is 11.8 Å². The van der Waals surface area contributed by atoms with Gasteiger partial charge in [-0.2, -0.15) is 11.8 Å². The normalized spacial score (nSPS) is 22.7. The number of benzene rings is 1. The lowest BCUT2D eigenvalue weighted by molar-refractivity contribution is 0.683. The highest BCUT2D eigenvalue weighted by atomic mass is 32.2. The molecule has 1 aliphatic carbocycles. The van der Waals surface area contributed by atoms with Gasteiger partial charge in [-0.1, -0.05) is 6.07 Å². The molecule has 1 unspecified atom stereocenters. The third kappa shape index (κ3) is 3.26. The van der Waals surface area contributed by atoms with Crippen LogP contribution < -0.4 is 10.2 Å². The maximum absolute atomic E-state index is 3.60. The second-order valence-electron chi connectivity index (χ2n) is 5.89. The number of thioether (sulfide) groups is 1. The van der Waals surface area contributed by atoms with Gasteiger partial charge in [0, 0.05) is 37.1 Å². The lowest BCUT2D eigenvalue weighted by Crippen LogP contribution is -2.31. The first-order valence-electron chi connectivity index (χ1n) is 7.37. The van der Waals surface area contributed by atoms with Crippen LogP contribution in [0.2, 0.25) is 0 Å². The van der Waals surface area contributed by atoms with E-state index in [0.29, 0.717) is 0 Å². The van der Waals surface area contributed by atoms with Crippen LogP contribution in [-0.4, -0.2) is 30.6 Å². The minimum absolute atomic E-state index is 0.722. The Bertz CT molecular complexity index is 436. The summed E-state index contributed by atoms with van der Waals surface area (Å²) in [6.45, 7) is 3.27. The summed E-state index contributed by atoms with van der Waals surface area (Å²) in [5, 5.41) is 3.60. The van der Waals surface area contributed by atoms with E-state index in [1.165, 1.54) is 47.6 Å². The van der Waals surface area contributed by atoms with E-state index < -0.39 is 0 Å². The SMILES string of the molecule is Cc1cc(N(C)C2CCSC2)ccc1CNC1CC1. The predicted molar refractivity (Wildman–Crippen MR) is 85.2 cm³/mol. The van der Waals surface area contributed by atoms with Crippen molar-refractivity contribution < 1.29 is 0 Å². The standard InChI is InChI=1S/C16H24N2S/c1-12-9-15(18(2)16-7-8-19-11-16)6-3-13(12)10-17-14-4-5-14/h3,6,9,14,16-17H,4-5,7-8,10-11H2,1-2H3. The highest BCUT2D eigenvalue weighted by molar-refractivity contribution is 7.99. The average molecular weight is 276 g/mol. The lowest BCUT2D eigenvalue weighted by Gasteiger charge is -2.26. The molecule has 1 N–H and O–H groups in total. The van der Waals surface area contributed by atoms with Crippen LogP contribution in [0.15, 0.2) is 18.2 Å². The van der Waals surface area contributed by atoms with E-state index in [0.717, 1.165) is 18.6 Å². The van der Waals surface area contributed by atoms with Gasteiger partial charge in [0.05, 0.1) is 0 Å². The summed E-state index contributed by atoms with van der Waals surface area (Å²) in [7, 11) is 2.24. The van der Waals surface area contributed by atoms with Gasteiger partial charge < -0.3 is 10.2 Å². The van der Waals surface area contributed by atoms with E-state index in [1.54, 1.807) is 0 Å². The maximum atomic E-state index is 3.60. The van der Waals surface area contributed by atoms with Crippen LogP contribution in [0.4, 0.5) is 5.69 Å². The Kier molecular flexibility index (Phi) is 4.04. The molecular weight excluding hydrogens is 252 g/mol. The Morgan fingerprint density at radius 1 is 1.32 bits per heavy atom. The van der Waals surface area contributed by atoms with Crippen LogP contribution in [0.1, 0.15) is 30.4 Å². The monoisotopic (exact) mass is 276 g/mol. The number of nitrogens with one attached hydrogen (secondary N) is 1. The smallest absolute Gasteiger partial charge is 0.0385 e. The van der Waals surface area contributed by atoms with Crippen molar-refractivity contribution >= 4 is 17.4 Å². The average Bonchev–Trinajstić information content (AvgIpc) is 3.08. The fourth-order valence-corrected chi connectivity index (χ4v) is 3.95. The van der Waals surface area contributed by atoms with E-state index in [2.05, 4.69) is 54.1 Å². The molecule has 1 heterocycles. The molecule has 1 aromatic rings. The molecule has 1 saturated carbocycles. The second-order valence-corrected chi connectivity index (χ2v) is 7.04. The van der Waals surface area contributed by atoms with Crippen LogP contribution in [0, 0.1) is 6.92 Å². The summed E-state index contributed by atoms with van der Waals surface area (Å²) in [5.41, 5.74) is 4.24. The molecule has 2 fully saturated rings. The number of nitrogens with zero attached hydrogens (tertiary/aromatic N) is 1. The second kappa shape index (κ2) is 5.76. The van der Waals surface area contributed by atoms with Gasteiger partial charge in [0.15, 0.2) is 0 Å². The Morgan fingerprint density at radius 3 is 2.79 bits per heavy atom. The zero-order valence-corrected chi connectivity index (χ0v) is 12.8. The lowest BCUT2D eigenvalue weighted by atomic mass is 10.1. The number of hydrogen-bond acceptors (Lipinski definition) is 3. The summed E-state index contributed by atoms with van der Waals surface area (Å²) in [6.07, 6.45) is 4.05. The van der Waals surface area contributed by atoms with Gasteiger partial charge in [-0.15, -0.1) is 0 Å². The number of anilines is 1. The zero-order chi connectivity index (χ0) is 13.2. The maximum Gasteiger partial charge on any atom is 0.0385 e. The highest BCUT2D eigenvalue weighted by Gasteiger charge is 2.22. The molecule has 2 nitrogen and oxygen atoms in total. The quantitative estimate of drug-likeness (QED) is 0.889. The summed E-state index contributed by atoms with van der Waals surface area (Å²) in [5.74, 6) is 2.60. The van der Waals surface area contributed by atoms with E-state index in [-0.39, 0.29) is 0 Å². The summed E-state index contributed by atoms with van der Waals surface area (Å²) in [4.78, 5) is 2.46. The minimum atomic E-state index is 0.722. The molecule has 19 heavy (non-hydrogen) atoms. The molecular formula is C16H24N2S. The molecule has 0 radical (unpaired) electrons. The van der Waals surface area contributed by atoms with Crippen molar-refractivity contribution in [2.75, 3.05) is 23.5 Å². The Labute approximate surface area is 121 Å². The van der Waals surface area contributed by atoms with Crippen molar-refractivity contribution in [1.29, 1.82) is 0 Å². The van der Waals surface area contributed by atoms with Gasteiger partial charge >= 0.3 is 0 Å². The van der Waals surface area contributed by atoms with Gasteiger partial charge in [0.2, 0.25) is 0 Å². The molecule has 3 rings (SSSR count). The molecule has 0 aromatic heterocycles. The van der Waals surface area contributed by atoms with Crippen LogP contribution in [0.25, 0.3) is 0 Å². The molecule has 104 valence electrons. The number of hydrogen-bond donors (Lipinski definition) is 1. The first kappa shape index (κ1) is 13.3. The van der Waals surface area contributed by atoms with Crippen LogP contribution in [0.5, 0.6) is 0 Å². The summed E-state index contributed by atoms with van der Waals surface area (Å²) in [6, 6.07) is 8.46. The van der Waals surface area contributed by atoms with Gasteiger partial charge in [-0.3, -0.25) is 0 Å². The topological polar surface area (TPSA) is 15.3 Å². The third-order valence-corrected chi connectivity index (χ3v) is 5.49. The minimum Gasteiger partial charge on any atom is -0.371 e. The van der Waals surface area contributed by atoms with Crippen molar-refractivity contribution in [3.63, 3.8) is 0 Å². The fourth-order valence-electron chi connectivity index (χ4n) is 2.68. The van der Waals surface area contributed by atoms with Crippen LogP contribution in [0.3, 0.4) is 0 Å². The van der Waals surface area contributed by atoms with Crippen molar-refractivity contribution in [3.05, 3.63) is 29.3 Å². The fraction of sp³-hybridized carbons (Fsp3) is 0.625. The largest absolute Gasteiger partial charge is 0.371 e. The molecule has 1 atom stereocenters. The van der Waals surface area contributed by atoms with Gasteiger partial charge in [0.25, 0.3) is 0 Å². The molecule has 1 aliphatic heterocycles. The van der Waals surface area contributed by atoms with Gasteiger partial charge in [-0.25, -0.2) is 0 Å². The Morgan fingerprint density at radius 2 is 2.16 bits per heavy atom. The first-order chi connectivity index (χ1) is 9.24. The molecule has 2 aliphatic rings. The summed E-state index contributed by atoms with van der Waals surface area (Å²) < 4.78 is 0. The van der Waals surface area contributed by atoms with Crippen molar-refractivity contribution in [1.82, 2.24) is 5.32 Å². The first-order valence-corrected chi connectivity index (χ1v) is 8.53. The number of rotatable bonds is 5. The highest BCUT2D eigenvalue weighted by Crippen LogP contribution is 2.27. The molecule has 1 saturated heterocycles. The molecule has 1 aromatic carbocycles. The molecule has 0 spiro atoms. The molecule has 0 bridgehead atoms. The van der Waals surface area contributed by atoms with Gasteiger partial charge in [-0.05, 0) is 55.2 Å². The van der Waals surface area contributed by atoms with Crippen molar-refractivity contribution in [2.45, 2.75) is 44.8 Å². The zero-order valence-electron chi connectivity index (χ0n) is 12.0. The predicted octanol–water partition coefficient (Wildman–Crippen LogP) is 3.19. The summed E-state index contributed by atoms with van der Waals surface area (Å²) >= 11 is 2.08. The number of aryl methyl sites for hydroxylation is 1. The van der Waals surface area contributed by atoms with Crippen molar-refractivity contribution in [2.24, 2.45) is 0 Å². The molecule has 0 amide bonds. The Balaban J connectivity index is 1.66. The molecule has 3 heteroatoms.